The highest BCUT2D eigenvalue weighted by Crippen LogP contribution is 2.18. The van der Waals surface area contributed by atoms with Crippen LogP contribution in [0.2, 0.25) is 0 Å². The zero-order valence-electron chi connectivity index (χ0n) is 14.3. The SMILES string of the molecule is CC(C)c1cccc(NC(N)=NCc2nc3ccccc3n2C)c1. The Hall–Kier alpha value is -2.82. The maximum Gasteiger partial charge on any atom is 0.193 e. The van der Waals surface area contributed by atoms with Gasteiger partial charge in [0.1, 0.15) is 12.4 Å². The summed E-state index contributed by atoms with van der Waals surface area (Å²) in [6.07, 6.45) is 0. The molecule has 0 aliphatic carbocycles. The van der Waals surface area contributed by atoms with E-state index >= 15 is 0 Å². The number of nitrogens with zero attached hydrogens (tertiary/aromatic N) is 3. The third-order valence-corrected chi connectivity index (χ3v) is 4.10. The van der Waals surface area contributed by atoms with E-state index in [0.717, 1.165) is 22.5 Å². The molecule has 5 heteroatoms. The number of para-hydroxylation sites is 2. The number of nitrogens with two attached hydrogens (primary N) is 1. The zero-order valence-corrected chi connectivity index (χ0v) is 14.3. The van der Waals surface area contributed by atoms with E-state index in [1.54, 1.807) is 0 Å². The van der Waals surface area contributed by atoms with Gasteiger partial charge in [0.05, 0.1) is 11.0 Å². The van der Waals surface area contributed by atoms with Crippen molar-refractivity contribution in [1.29, 1.82) is 0 Å². The highest BCUT2D eigenvalue weighted by atomic mass is 15.1. The lowest BCUT2D eigenvalue weighted by molar-refractivity contribution is 0.812. The van der Waals surface area contributed by atoms with Crippen molar-refractivity contribution in [2.75, 3.05) is 5.32 Å². The molecule has 0 saturated carbocycles. The maximum absolute atomic E-state index is 6.03. The molecule has 0 bridgehead atoms. The summed E-state index contributed by atoms with van der Waals surface area (Å²) in [5.74, 6) is 1.75. The molecule has 1 aromatic heterocycles. The van der Waals surface area contributed by atoms with E-state index in [1.807, 2.05) is 41.9 Å². The first-order chi connectivity index (χ1) is 11.5. The summed E-state index contributed by atoms with van der Waals surface area (Å²) in [6.45, 7) is 4.78. The molecule has 0 aliphatic heterocycles. The third-order valence-electron chi connectivity index (χ3n) is 4.10. The van der Waals surface area contributed by atoms with Crippen molar-refractivity contribution in [2.45, 2.75) is 26.3 Å². The summed E-state index contributed by atoms with van der Waals surface area (Å²) in [7, 11) is 2.00. The Bertz CT molecular complexity index is 876. The molecule has 0 amide bonds. The lowest BCUT2D eigenvalue weighted by Crippen LogP contribution is -2.23. The topological polar surface area (TPSA) is 68.2 Å². The molecule has 124 valence electrons. The van der Waals surface area contributed by atoms with Gasteiger partial charge in [-0.15, -0.1) is 0 Å². The van der Waals surface area contributed by atoms with E-state index in [2.05, 4.69) is 47.3 Å². The standard InChI is InChI=1S/C19H23N5/c1-13(2)14-7-6-8-15(11-14)22-19(20)21-12-18-23-16-9-4-5-10-17(16)24(18)3/h4-11,13H,12H2,1-3H3,(H3,20,21,22). The molecular formula is C19H23N5. The lowest BCUT2D eigenvalue weighted by atomic mass is 10.0. The molecule has 0 aliphatic rings. The van der Waals surface area contributed by atoms with Crippen LogP contribution in [0.15, 0.2) is 53.5 Å². The van der Waals surface area contributed by atoms with Crippen LogP contribution in [0.1, 0.15) is 31.2 Å². The van der Waals surface area contributed by atoms with Crippen molar-refractivity contribution in [3.63, 3.8) is 0 Å². The van der Waals surface area contributed by atoms with Crippen LogP contribution in [-0.4, -0.2) is 15.5 Å². The molecular weight excluding hydrogens is 298 g/mol. The molecule has 24 heavy (non-hydrogen) atoms. The van der Waals surface area contributed by atoms with Gasteiger partial charge in [-0.3, -0.25) is 0 Å². The Morgan fingerprint density at radius 2 is 2.00 bits per heavy atom. The number of anilines is 1. The van der Waals surface area contributed by atoms with Gasteiger partial charge < -0.3 is 15.6 Å². The number of aliphatic imine (C=N–C) groups is 1. The minimum absolute atomic E-state index is 0.392. The average molecular weight is 321 g/mol. The van der Waals surface area contributed by atoms with Gasteiger partial charge in [-0.1, -0.05) is 38.1 Å². The van der Waals surface area contributed by atoms with Crippen LogP contribution in [0, 0.1) is 0 Å². The first-order valence-corrected chi connectivity index (χ1v) is 8.12. The van der Waals surface area contributed by atoms with Gasteiger partial charge >= 0.3 is 0 Å². The molecule has 3 N–H and O–H groups in total. The van der Waals surface area contributed by atoms with Crippen LogP contribution >= 0.6 is 0 Å². The predicted octanol–water partition coefficient (Wildman–Crippen LogP) is 3.62. The molecule has 0 atom stereocenters. The fraction of sp³-hybridized carbons (Fsp3) is 0.263. The molecule has 0 radical (unpaired) electrons. The van der Waals surface area contributed by atoms with Crippen molar-refractivity contribution in [3.8, 4) is 0 Å². The predicted molar refractivity (Wildman–Crippen MR) is 100 cm³/mol. The number of nitrogens with one attached hydrogen (secondary N) is 1. The van der Waals surface area contributed by atoms with Crippen LogP contribution in [-0.2, 0) is 13.6 Å². The van der Waals surface area contributed by atoms with Gasteiger partial charge in [0.25, 0.3) is 0 Å². The number of imidazole rings is 1. The summed E-state index contributed by atoms with van der Waals surface area (Å²) < 4.78 is 2.05. The zero-order chi connectivity index (χ0) is 17.1. The average Bonchev–Trinajstić information content (AvgIpc) is 2.90. The fourth-order valence-electron chi connectivity index (χ4n) is 2.66. The second-order valence-electron chi connectivity index (χ2n) is 6.18. The molecule has 0 unspecified atom stereocenters. The normalized spacial score (nSPS) is 12.1. The summed E-state index contributed by atoms with van der Waals surface area (Å²) >= 11 is 0. The van der Waals surface area contributed by atoms with Gasteiger partial charge in [0, 0.05) is 12.7 Å². The summed E-state index contributed by atoms with van der Waals surface area (Å²) in [5, 5.41) is 3.15. The quantitative estimate of drug-likeness (QED) is 0.569. The first-order valence-electron chi connectivity index (χ1n) is 8.12. The Morgan fingerprint density at radius 1 is 1.21 bits per heavy atom. The number of rotatable bonds is 4. The van der Waals surface area contributed by atoms with Crippen molar-refractivity contribution in [2.24, 2.45) is 17.8 Å². The third kappa shape index (κ3) is 3.40. The van der Waals surface area contributed by atoms with E-state index < -0.39 is 0 Å². The van der Waals surface area contributed by atoms with E-state index in [1.165, 1.54) is 5.56 Å². The van der Waals surface area contributed by atoms with Crippen molar-refractivity contribution >= 4 is 22.7 Å². The van der Waals surface area contributed by atoms with Crippen LogP contribution in [0.4, 0.5) is 5.69 Å². The number of hydrogen-bond acceptors (Lipinski definition) is 2. The van der Waals surface area contributed by atoms with E-state index in [4.69, 9.17) is 5.73 Å². The Balaban J connectivity index is 1.74. The van der Waals surface area contributed by atoms with Crippen molar-refractivity contribution < 1.29 is 0 Å². The molecule has 5 nitrogen and oxygen atoms in total. The minimum Gasteiger partial charge on any atom is -0.370 e. The molecule has 0 spiro atoms. The maximum atomic E-state index is 6.03. The van der Waals surface area contributed by atoms with Crippen LogP contribution < -0.4 is 11.1 Å². The van der Waals surface area contributed by atoms with Crippen LogP contribution in [0.25, 0.3) is 11.0 Å². The summed E-state index contributed by atoms with van der Waals surface area (Å²) in [6, 6.07) is 16.3. The van der Waals surface area contributed by atoms with Crippen molar-refractivity contribution in [1.82, 2.24) is 9.55 Å². The second-order valence-corrected chi connectivity index (χ2v) is 6.18. The van der Waals surface area contributed by atoms with E-state index in [0.29, 0.717) is 18.4 Å². The fourth-order valence-corrected chi connectivity index (χ4v) is 2.66. The number of hydrogen-bond donors (Lipinski definition) is 2. The smallest absolute Gasteiger partial charge is 0.193 e. The van der Waals surface area contributed by atoms with Gasteiger partial charge in [-0.05, 0) is 35.7 Å². The van der Waals surface area contributed by atoms with Gasteiger partial charge in [-0.2, -0.15) is 0 Å². The molecule has 3 aromatic rings. The molecule has 0 saturated heterocycles. The van der Waals surface area contributed by atoms with Gasteiger partial charge in [0.15, 0.2) is 5.96 Å². The number of guanidine groups is 1. The highest BCUT2D eigenvalue weighted by molar-refractivity contribution is 5.92. The second kappa shape index (κ2) is 6.74. The Labute approximate surface area is 142 Å². The minimum atomic E-state index is 0.392. The van der Waals surface area contributed by atoms with Crippen LogP contribution in [0.5, 0.6) is 0 Å². The molecule has 0 fully saturated rings. The largest absolute Gasteiger partial charge is 0.370 e. The Morgan fingerprint density at radius 3 is 2.75 bits per heavy atom. The van der Waals surface area contributed by atoms with Crippen molar-refractivity contribution in [3.05, 3.63) is 59.9 Å². The summed E-state index contributed by atoms with van der Waals surface area (Å²) in [4.78, 5) is 9.02. The van der Waals surface area contributed by atoms with E-state index in [-0.39, 0.29) is 0 Å². The monoisotopic (exact) mass is 321 g/mol. The number of aromatic nitrogens is 2. The number of aryl methyl sites for hydroxylation is 1. The summed E-state index contributed by atoms with van der Waals surface area (Å²) in [5.41, 5.74) is 10.3. The first kappa shape index (κ1) is 16.1. The molecule has 1 heterocycles. The molecule has 3 rings (SSSR count). The van der Waals surface area contributed by atoms with E-state index in [9.17, 15) is 0 Å². The Kier molecular flexibility index (Phi) is 4.51. The highest BCUT2D eigenvalue weighted by Gasteiger charge is 2.06. The van der Waals surface area contributed by atoms with Gasteiger partial charge in [-0.25, -0.2) is 9.98 Å². The lowest BCUT2D eigenvalue weighted by Gasteiger charge is -2.10. The van der Waals surface area contributed by atoms with Crippen LogP contribution in [0.3, 0.4) is 0 Å². The number of fused-ring (bicyclic) bond motifs is 1. The molecule has 2 aromatic carbocycles. The van der Waals surface area contributed by atoms with Gasteiger partial charge in [0.2, 0.25) is 0 Å². The number of benzene rings is 2.